The van der Waals surface area contributed by atoms with Crippen LogP contribution in [0.15, 0.2) is 12.2 Å². The summed E-state index contributed by atoms with van der Waals surface area (Å²) in [6.07, 6.45) is 14.9. The van der Waals surface area contributed by atoms with Crippen LogP contribution in [0.2, 0.25) is 0 Å². The van der Waals surface area contributed by atoms with Crippen LogP contribution in [-0.4, -0.2) is 0 Å². The third-order valence-electron chi connectivity index (χ3n) is 10.2. The molecule has 0 saturated heterocycles. The number of allylic oxidation sites excluding steroid dienone is 1. The van der Waals surface area contributed by atoms with Gasteiger partial charge in [-0.2, -0.15) is 0 Å². The van der Waals surface area contributed by atoms with E-state index >= 15 is 0 Å². The third-order valence-corrected chi connectivity index (χ3v) is 10.2. The lowest BCUT2D eigenvalue weighted by atomic mass is 9.42. The molecule has 0 aromatic carbocycles. The number of hydrogen-bond acceptors (Lipinski definition) is 0. The molecule has 7 unspecified atom stereocenters. The van der Waals surface area contributed by atoms with Gasteiger partial charge < -0.3 is 0 Å². The lowest BCUT2D eigenvalue weighted by Crippen LogP contribution is -2.55. The van der Waals surface area contributed by atoms with Gasteiger partial charge in [0.2, 0.25) is 0 Å². The molecule has 4 fully saturated rings. The number of fused-ring (bicyclic) bond motifs is 5. The van der Waals surface area contributed by atoms with Gasteiger partial charge in [0.25, 0.3) is 0 Å². The predicted octanol–water partition coefficient (Wildman–Crippen LogP) is 7.64. The molecule has 0 radical (unpaired) electrons. The minimum absolute atomic E-state index is 0.572. The quantitative estimate of drug-likeness (QED) is 0.452. The summed E-state index contributed by atoms with van der Waals surface area (Å²) < 4.78 is 0. The van der Waals surface area contributed by atoms with Crippen molar-refractivity contribution in [3.63, 3.8) is 0 Å². The van der Waals surface area contributed by atoms with E-state index in [0.717, 1.165) is 29.6 Å². The van der Waals surface area contributed by atoms with E-state index in [0.29, 0.717) is 16.2 Å². The van der Waals surface area contributed by atoms with Crippen molar-refractivity contribution in [2.75, 3.05) is 0 Å². The zero-order valence-electron chi connectivity index (χ0n) is 17.7. The predicted molar refractivity (Wildman–Crippen MR) is 108 cm³/mol. The van der Waals surface area contributed by atoms with Crippen LogP contribution in [0.5, 0.6) is 0 Å². The van der Waals surface area contributed by atoms with Gasteiger partial charge in [-0.25, -0.2) is 0 Å². The summed E-state index contributed by atoms with van der Waals surface area (Å²) in [5.41, 5.74) is 3.34. The van der Waals surface area contributed by atoms with Crippen molar-refractivity contribution in [3.05, 3.63) is 12.2 Å². The number of rotatable bonds is 2. The molecule has 142 valence electrons. The van der Waals surface area contributed by atoms with Crippen molar-refractivity contribution in [2.45, 2.75) is 98.8 Å². The van der Waals surface area contributed by atoms with E-state index in [2.05, 4.69) is 41.2 Å². The van der Waals surface area contributed by atoms with Crippen LogP contribution in [0, 0.1) is 45.8 Å². The minimum atomic E-state index is 0.572. The van der Waals surface area contributed by atoms with Gasteiger partial charge in [-0.3, -0.25) is 0 Å². The molecule has 0 spiro atoms. The number of hydrogen-bond donors (Lipinski definition) is 0. The first-order valence-electron chi connectivity index (χ1n) is 11.4. The molecule has 4 aliphatic carbocycles. The highest BCUT2D eigenvalue weighted by Crippen LogP contribution is 2.70. The van der Waals surface area contributed by atoms with E-state index < -0.39 is 0 Å². The van der Waals surface area contributed by atoms with E-state index in [1.807, 2.05) is 0 Å². The molecule has 0 aromatic heterocycles. The van der Waals surface area contributed by atoms with Gasteiger partial charge in [0.15, 0.2) is 0 Å². The Balaban J connectivity index is 1.64. The smallest absolute Gasteiger partial charge is 0.0152 e. The molecule has 4 rings (SSSR count). The van der Waals surface area contributed by atoms with Gasteiger partial charge in [-0.05, 0) is 117 Å². The Morgan fingerprint density at radius 2 is 1.68 bits per heavy atom. The molecule has 0 bridgehead atoms. The van der Waals surface area contributed by atoms with Crippen LogP contribution < -0.4 is 0 Å². The Morgan fingerprint density at radius 1 is 0.920 bits per heavy atom. The highest BCUT2D eigenvalue weighted by atomic mass is 14.7. The fraction of sp³-hybridized carbons (Fsp3) is 0.920. The Bertz CT molecular complexity index is 542. The maximum absolute atomic E-state index is 4.39. The summed E-state index contributed by atoms with van der Waals surface area (Å²) in [5, 5.41) is 0. The molecule has 0 aliphatic heterocycles. The standard InChI is InChI=1S/C25H42/c1-7-25-15-14-23(4,5)16-18(25)8-9-19-21-11-10-20(17(2)3)24(21,6)13-12-22(19)25/h18-22H,2,7-16H2,1,3-6H3. The Morgan fingerprint density at radius 3 is 2.36 bits per heavy atom. The Labute approximate surface area is 157 Å². The summed E-state index contributed by atoms with van der Waals surface area (Å²) >= 11 is 0. The lowest BCUT2D eigenvalue weighted by molar-refractivity contribution is -0.135. The molecule has 0 amide bonds. The largest absolute Gasteiger partial charge is 0.0998 e. The van der Waals surface area contributed by atoms with Gasteiger partial charge in [-0.15, -0.1) is 0 Å². The van der Waals surface area contributed by atoms with Crippen molar-refractivity contribution in [3.8, 4) is 0 Å². The van der Waals surface area contributed by atoms with Crippen molar-refractivity contribution in [2.24, 2.45) is 45.8 Å². The molecule has 0 nitrogen and oxygen atoms in total. The van der Waals surface area contributed by atoms with Gasteiger partial charge in [-0.1, -0.05) is 39.8 Å². The molecule has 0 N–H and O–H groups in total. The van der Waals surface area contributed by atoms with E-state index in [9.17, 15) is 0 Å². The van der Waals surface area contributed by atoms with Gasteiger partial charge >= 0.3 is 0 Å². The fourth-order valence-corrected chi connectivity index (χ4v) is 8.96. The Hall–Kier alpha value is -0.260. The van der Waals surface area contributed by atoms with Gasteiger partial charge in [0.05, 0.1) is 0 Å². The van der Waals surface area contributed by atoms with E-state index in [1.54, 1.807) is 0 Å². The van der Waals surface area contributed by atoms with Crippen LogP contribution in [0.4, 0.5) is 0 Å². The van der Waals surface area contributed by atoms with Crippen molar-refractivity contribution < 1.29 is 0 Å². The molecular weight excluding hydrogens is 300 g/mol. The summed E-state index contributed by atoms with van der Waals surface area (Å²) in [6, 6.07) is 0. The van der Waals surface area contributed by atoms with Gasteiger partial charge in [0.1, 0.15) is 0 Å². The molecule has 7 atom stereocenters. The van der Waals surface area contributed by atoms with Crippen LogP contribution in [0.25, 0.3) is 0 Å². The van der Waals surface area contributed by atoms with E-state index in [4.69, 9.17) is 0 Å². The molecular formula is C25H42. The first-order valence-corrected chi connectivity index (χ1v) is 11.4. The second-order valence-electron chi connectivity index (χ2n) is 11.6. The van der Waals surface area contributed by atoms with Crippen molar-refractivity contribution in [1.29, 1.82) is 0 Å². The second-order valence-corrected chi connectivity index (χ2v) is 11.6. The monoisotopic (exact) mass is 342 g/mol. The average molecular weight is 343 g/mol. The SMILES string of the molecule is C=C(C)C1CCC2C3CCC4CC(C)(C)CCC4(CC)C3CCC12C. The average Bonchev–Trinajstić information content (AvgIpc) is 2.91. The van der Waals surface area contributed by atoms with Crippen molar-refractivity contribution >= 4 is 0 Å². The molecule has 4 aliphatic rings. The molecule has 0 heteroatoms. The van der Waals surface area contributed by atoms with E-state index in [1.165, 1.54) is 69.8 Å². The Kier molecular flexibility index (Phi) is 4.25. The van der Waals surface area contributed by atoms with Crippen LogP contribution >= 0.6 is 0 Å². The van der Waals surface area contributed by atoms with Crippen molar-refractivity contribution in [1.82, 2.24) is 0 Å². The summed E-state index contributed by atoms with van der Waals surface area (Å²) in [7, 11) is 0. The molecule has 0 heterocycles. The lowest BCUT2D eigenvalue weighted by Gasteiger charge is -2.63. The van der Waals surface area contributed by atoms with E-state index in [-0.39, 0.29) is 0 Å². The molecule has 4 saturated carbocycles. The summed E-state index contributed by atoms with van der Waals surface area (Å²) in [5.74, 6) is 4.88. The zero-order valence-corrected chi connectivity index (χ0v) is 17.7. The minimum Gasteiger partial charge on any atom is -0.0998 e. The highest BCUT2D eigenvalue weighted by Gasteiger charge is 2.61. The summed E-state index contributed by atoms with van der Waals surface area (Å²) in [4.78, 5) is 0. The van der Waals surface area contributed by atoms with Crippen LogP contribution in [0.1, 0.15) is 98.8 Å². The normalized spacial score (nSPS) is 51.3. The third kappa shape index (κ3) is 2.52. The van der Waals surface area contributed by atoms with Crippen LogP contribution in [0.3, 0.4) is 0 Å². The highest BCUT2D eigenvalue weighted by molar-refractivity contribution is 5.15. The molecule has 0 aromatic rings. The first-order chi connectivity index (χ1) is 11.7. The molecule has 25 heavy (non-hydrogen) atoms. The topological polar surface area (TPSA) is 0 Å². The second kappa shape index (κ2) is 5.87. The summed E-state index contributed by atoms with van der Waals surface area (Å²) in [6.45, 7) is 16.9. The first kappa shape index (κ1) is 18.1. The zero-order chi connectivity index (χ0) is 18.0. The van der Waals surface area contributed by atoms with Gasteiger partial charge in [0, 0.05) is 0 Å². The maximum Gasteiger partial charge on any atom is -0.0152 e. The fourth-order valence-electron chi connectivity index (χ4n) is 8.96. The van der Waals surface area contributed by atoms with Crippen LogP contribution in [-0.2, 0) is 0 Å². The maximum atomic E-state index is 4.39.